The molecule has 23 heavy (non-hydrogen) atoms. The van der Waals surface area contributed by atoms with Crippen LogP contribution in [0, 0.1) is 11.3 Å². The average molecular weight is 371 g/mol. The Hall–Kier alpha value is -1.20. The number of halogens is 5. The molecule has 0 radical (unpaired) electrons. The highest BCUT2D eigenvalue weighted by atomic mass is 35.5. The van der Waals surface area contributed by atoms with Crippen molar-refractivity contribution in [3.63, 3.8) is 0 Å². The standard InChI is InChI=1S/C14H17F3N4.2ClH/c1-2-21(20-7-5-19-6-8-20)12-4-3-11(10-18)13(9-12)14(15,16)17;;/h3-4,9,19H,2,5-8H2,1H3;2*1H. The highest BCUT2D eigenvalue weighted by Crippen LogP contribution is 2.34. The van der Waals surface area contributed by atoms with Crippen LogP contribution >= 0.6 is 24.8 Å². The Labute approximate surface area is 146 Å². The number of alkyl halides is 3. The van der Waals surface area contributed by atoms with Gasteiger partial charge in [-0.3, -0.25) is 0 Å². The number of hydrazine groups is 1. The lowest BCUT2D eigenvalue weighted by Gasteiger charge is -2.38. The predicted octanol–water partition coefficient (Wildman–Crippen LogP) is 3.07. The first-order valence-corrected chi connectivity index (χ1v) is 6.82. The summed E-state index contributed by atoms with van der Waals surface area (Å²) >= 11 is 0. The minimum atomic E-state index is -4.52. The van der Waals surface area contributed by atoms with Crippen LogP contribution in [0.25, 0.3) is 0 Å². The Morgan fingerprint density at radius 3 is 2.35 bits per heavy atom. The van der Waals surface area contributed by atoms with E-state index in [-0.39, 0.29) is 30.4 Å². The minimum absolute atomic E-state index is 0. The Kier molecular flexibility index (Phi) is 8.70. The Morgan fingerprint density at radius 2 is 1.87 bits per heavy atom. The quantitative estimate of drug-likeness (QED) is 0.887. The highest BCUT2D eigenvalue weighted by Gasteiger charge is 2.34. The lowest BCUT2D eigenvalue weighted by molar-refractivity contribution is -0.137. The van der Waals surface area contributed by atoms with Crippen molar-refractivity contribution in [1.82, 2.24) is 10.3 Å². The van der Waals surface area contributed by atoms with Crippen LogP contribution < -0.4 is 10.3 Å². The highest BCUT2D eigenvalue weighted by molar-refractivity contribution is 5.85. The minimum Gasteiger partial charge on any atom is -0.314 e. The molecule has 0 amide bonds. The number of rotatable bonds is 3. The molecule has 0 bridgehead atoms. The number of hydrogen-bond acceptors (Lipinski definition) is 4. The summed E-state index contributed by atoms with van der Waals surface area (Å²) in [4.78, 5) is 0. The smallest absolute Gasteiger partial charge is 0.314 e. The van der Waals surface area contributed by atoms with Gasteiger partial charge >= 0.3 is 6.18 Å². The first kappa shape index (κ1) is 21.8. The lowest BCUT2D eigenvalue weighted by atomic mass is 10.1. The van der Waals surface area contributed by atoms with E-state index in [1.165, 1.54) is 6.07 Å². The van der Waals surface area contributed by atoms with Gasteiger partial charge in [-0.1, -0.05) is 0 Å². The second-order valence-corrected chi connectivity index (χ2v) is 4.76. The molecule has 1 fully saturated rings. The second kappa shape index (κ2) is 9.18. The molecular formula is C14H19Cl2F3N4. The van der Waals surface area contributed by atoms with Gasteiger partial charge in [0.25, 0.3) is 0 Å². The third-order valence-electron chi connectivity index (χ3n) is 3.46. The Balaban J connectivity index is 0.00000242. The maximum absolute atomic E-state index is 13.0. The van der Waals surface area contributed by atoms with Crippen molar-refractivity contribution < 1.29 is 13.2 Å². The number of benzene rings is 1. The van der Waals surface area contributed by atoms with E-state index >= 15 is 0 Å². The van der Waals surface area contributed by atoms with E-state index in [0.29, 0.717) is 12.2 Å². The lowest BCUT2D eigenvalue weighted by Crippen LogP contribution is -2.52. The van der Waals surface area contributed by atoms with E-state index in [9.17, 15) is 13.2 Å². The van der Waals surface area contributed by atoms with Crippen LogP contribution in [0.4, 0.5) is 18.9 Å². The zero-order chi connectivity index (χ0) is 15.5. The summed E-state index contributed by atoms with van der Waals surface area (Å²) in [6.45, 7) is 5.57. The molecule has 1 aliphatic heterocycles. The van der Waals surface area contributed by atoms with Gasteiger partial charge in [0.05, 0.1) is 22.9 Å². The normalized spacial score (nSPS) is 15.1. The molecule has 2 rings (SSSR count). The summed E-state index contributed by atoms with van der Waals surface area (Å²) in [5.74, 6) is 0. The van der Waals surface area contributed by atoms with E-state index in [2.05, 4.69) is 5.32 Å². The van der Waals surface area contributed by atoms with Crippen LogP contribution in [0.5, 0.6) is 0 Å². The van der Waals surface area contributed by atoms with Crippen molar-refractivity contribution in [2.45, 2.75) is 13.1 Å². The zero-order valence-corrected chi connectivity index (χ0v) is 14.2. The van der Waals surface area contributed by atoms with E-state index in [1.807, 2.05) is 16.9 Å². The molecule has 0 aromatic heterocycles. The predicted molar refractivity (Wildman–Crippen MR) is 88.1 cm³/mol. The van der Waals surface area contributed by atoms with Crippen molar-refractivity contribution in [3.8, 4) is 6.07 Å². The summed E-state index contributed by atoms with van der Waals surface area (Å²) in [6, 6.07) is 5.47. The second-order valence-electron chi connectivity index (χ2n) is 4.76. The molecule has 0 spiro atoms. The van der Waals surface area contributed by atoms with Crippen LogP contribution in [0.1, 0.15) is 18.1 Å². The van der Waals surface area contributed by atoms with Gasteiger partial charge in [-0.25, -0.2) is 5.01 Å². The summed E-state index contributed by atoms with van der Waals surface area (Å²) in [7, 11) is 0. The largest absolute Gasteiger partial charge is 0.417 e. The molecule has 1 aliphatic rings. The molecule has 1 heterocycles. The number of piperazine rings is 1. The van der Waals surface area contributed by atoms with Crippen molar-refractivity contribution in [3.05, 3.63) is 29.3 Å². The molecule has 0 aliphatic carbocycles. The SMILES string of the molecule is CCN(c1ccc(C#N)c(C(F)(F)F)c1)N1CCNCC1.Cl.Cl. The maximum Gasteiger partial charge on any atom is 0.417 e. The van der Waals surface area contributed by atoms with Gasteiger partial charge in [-0.2, -0.15) is 18.4 Å². The van der Waals surface area contributed by atoms with Crippen LogP contribution in [-0.2, 0) is 6.18 Å². The Bertz CT molecular complexity index is 540. The topological polar surface area (TPSA) is 42.3 Å². The van der Waals surface area contributed by atoms with Gasteiger partial charge < -0.3 is 10.3 Å². The third kappa shape index (κ3) is 5.15. The molecule has 9 heteroatoms. The van der Waals surface area contributed by atoms with Crippen molar-refractivity contribution in [2.24, 2.45) is 0 Å². The summed E-state index contributed by atoms with van der Waals surface area (Å²) in [5.41, 5.74) is -0.760. The van der Waals surface area contributed by atoms with Crippen LogP contribution in [0.3, 0.4) is 0 Å². The first-order valence-electron chi connectivity index (χ1n) is 6.82. The molecule has 1 aromatic carbocycles. The van der Waals surface area contributed by atoms with E-state index in [0.717, 1.165) is 32.2 Å². The summed E-state index contributed by atoms with van der Waals surface area (Å²) in [5, 5.41) is 15.9. The van der Waals surface area contributed by atoms with Crippen molar-refractivity contribution >= 4 is 30.5 Å². The fourth-order valence-corrected chi connectivity index (χ4v) is 2.47. The fourth-order valence-electron chi connectivity index (χ4n) is 2.47. The van der Waals surface area contributed by atoms with Crippen molar-refractivity contribution in [2.75, 3.05) is 37.7 Å². The van der Waals surface area contributed by atoms with Crippen LogP contribution in [0.2, 0.25) is 0 Å². The van der Waals surface area contributed by atoms with E-state index in [4.69, 9.17) is 5.26 Å². The zero-order valence-electron chi connectivity index (χ0n) is 12.6. The van der Waals surface area contributed by atoms with Gasteiger partial charge in [-0.05, 0) is 25.1 Å². The number of nitrogens with one attached hydrogen (secondary N) is 1. The molecule has 1 N–H and O–H groups in total. The molecule has 0 unspecified atom stereocenters. The number of nitriles is 1. The summed E-state index contributed by atoms with van der Waals surface area (Å²) in [6.07, 6.45) is -4.52. The monoisotopic (exact) mass is 370 g/mol. The van der Waals surface area contributed by atoms with Crippen LogP contribution in [0.15, 0.2) is 18.2 Å². The Morgan fingerprint density at radius 1 is 1.26 bits per heavy atom. The van der Waals surface area contributed by atoms with E-state index < -0.39 is 11.7 Å². The van der Waals surface area contributed by atoms with Gasteiger partial charge in [-0.15, -0.1) is 24.8 Å². The van der Waals surface area contributed by atoms with Gasteiger partial charge in [0.1, 0.15) is 0 Å². The van der Waals surface area contributed by atoms with Crippen molar-refractivity contribution in [1.29, 1.82) is 5.26 Å². The number of nitrogens with zero attached hydrogens (tertiary/aromatic N) is 3. The van der Waals surface area contributed by atoms with E-state index in [1.54, 1.807) is 12.1 Å². The molecular weight excluding hydrogens is 352 g/mol. The average Bonchev–Trinajstić information content (AvgIpc) is 2.48. The summed E-state index contributed by atoms with van der Waals surface area (Å²) < 4.78 is 39.1. The molecule has 0 atom stereocenters. The van der Waals surface area contributed by atoms with Gasteiger partial charge in [0, 0.05) is 32.7 Å². The molecule has 1 saturated heterocycles. The fraction of sp³-hybridized carbons (Fsp3) is 0.500. The molecule has 0 saturated carbocycles. The molecule has 130 valence electrons. The number of anilines is 1. The van der Waals surface area contributed by atoms with Gasteiger partial charge in [0.2, 0.25) is 0 Å². The van der Waals surface area contributed by atoms with Gasteiger partial charge in [0.15, 0.2) is 0 Å². The van der Waals surface area contributed by atoms with Crippen LogP contribution in [-0.4, -0.2) is 37.7 Å². The number of hydrogen-bond donors (Lipinski definition) is 1. The first-order chi connectivity index (χ1) is 9.97. The maximum atomic E-state index is 13.0. The molecule has 1 aromatic rings. The molecule has 4 nitrogen and oxygen atoms in total. The third-order valence-corrected chi connectivity index (χ3v) is 3.46.